The Hall–Kier alpha value is -1.24. The molecule has 3 rings (SSSR count). The predicted molar refractivity (Wildman–Crippen MR) is 61.4 cm³/mol. The summed E-state index contributed by atoms with van der Waals surface area (Å²) in [5.41, 5.74) is -0.480. The van der Waals surface area contributed by atoms with Gasteiger partial charge in [-0.1, -0.05) is 17.8 Å². The number of pyridine rings is 1. The van der Waals surface area contributed by atoms with Crippen molar-refractivity contribution in [2.75, 3.05) is 5.75 Å². The summed E-state index contributed by atoms with van der Waals surface area (Å²) in [4.78, 5) is 0. The van der Waals surface area contributed by atoms with Gasteiger partial charge in [-0.25, -0.2) is 0 Å². The van der Waals surface area contributed by atoms with Crippen LogP contribution in [0.25, 0.3) is 5.65 Å². The summed E-state index contributed by atoms with van der Waals surface area (Å²) in [5, 5.41) is 7.95. The lowest BCUT2D eigenvalue weighted by atomic mass is 10.3. The van der Waals surface area contributed by atoms with Gasteiger partial charge in [0.2, 0.25) is 0 Å². The standard InChI is InChI=1S/C11H10F3N3S/c12-11(13,14)8-2-1-3-9-15-16-10(17(8)9)18-6-7-4-5-7/h1-3,7H,4-6H2. The van der Waals surface area contributed by atoms with Crippen molar-refractivity contribution in [2.45, 2.75) is 24.2 Å². The lowest BCUT2D eigenvalue weighted by Gasteiger charge is -2.10. The molecular formula is C11H10F3N3S. The zero-order valence-electron chi connectivity index (χ0n) is 9.31. The lowest BCUT2D eigenvalue weighted by Crippen LogP contribution is -2.11. The average molecular weight is 273 g/mol. The topological polar surface area (TPSA) is 30.2 Å². The molecule has 0 saturated heterocycles. The van der Waals surface area contributed by atoms with Crippen LogP contribution in [0.5, 0.6) is 0 Å². The van der Waals surface area contributed by atoms with Crippen molar-refractivity contribution in [1.29, 1.82) is 0 Å². The molecule has 1 aliphatic rings. The maximum absolute atomic E-state index is 12.9. The summed E-state index contributed by atoms with van der Waals surface area (Å²) < 4.78 is 39.8. The molecule has 0 aromatic carbocycles. The Balaban J connectivity index is 2.02. The zero-order valence-corrected chi connectivity index (χ0v) is 10.1. The number of rotatable bonds is 3. The molecule has 1 saturated carbocycles. The van der Waals surface area contributed by atoms with Gasteiger partial charge in [0, 0.05) is 5.75 Å². The molecule has 1 aliphatic carbocycles. The van der Waals surface area contributed by atoms with Gasteiger partial charge in [0.15, 0.2) is 10.8 Å². The predicted octanol–water partition coefficient (Wildman–Crippen LogP) is 3.25. The molecule has 0 aliphatic heterocycles. The van der Waals surface area contributed by atoms with Gasteiger partial charge in [0.05, 0.1) is 0 Å². The second-order valence-corrected chi connectivity index (χ2v) is 5.33. The molecule has 7 heteroatoms. The number of hydrogen-bond acceptors (Lipinski definition) is 3. The van der Waals surface area contributed by atoms with Crippen LogP contribution < -0.4 is 0 Å². The Morgan fingerprint density at radius 1 is 1.28 bits per heavy atom. The smallest absolute Gasteiger partial charge is 0.265 e. The number of aromatic nitrogens is 3. The van der Waals surface area contributed by atoms with E-state index in [0.717, 1.165) is 29.1 Å². The first-order valence-corrected chi connectivity index (χ1v) is 6.58. The highest BCUT2D eigenvalue weighted by Gasteiger charge is 2.34. The number of thioether (sulfide) groups is 1. The van der Waals surface area contributed by atoms with Gasteiger partial charge >= 0.3 is 6.18 Å². The maximum atomic E-state index is 12.9. The Labute approximate surface area is 105 Å². The summed E-state index contributed by atoms with van der Waals surface area (Å²) >= 11 is 1.35. The van der Waals surface area contributed by atoms with Crippen LogP contribution in [0.2, 0.25) is 0 Å². The molecule has 2 aromatic heterocycles. The molecule has 18 heavy (non-hydrogen) atoms. The monoisotopic (exact) mass is 273 g/mol. The summed E-state index contributed by atoms with van der Waals surface area (Å²) in [6.45, 7) is 0. The van der Waals surface area contributed by atoms with Crippen molar-refractivity contribution < 1.29 is 13.2 Å². The molecule has 0 bridgehead atoms. The van der Waals surface area contributed by atoms with Crippen LogP contribution in [0, 0.1) is 5.92 Å². The first-order valence-electron chi connectivity index (χ1n) is 5.60. The minimum Gasteiger partial charge on any atom is -0.265 e. The Bertz CT molecular complexity index is 574. The van der Waals surface area contributed by atoms with Crippen molar-refractivity contribution in [1.82, 2.24) is 14.6 Å². The SMILES string of the molecule is FC(F)(F)c1cccc2nnc(SCC3CC3)n12. The van der Waals surface area contributed by atoms with E-state index in [0.29, 0.717) is 11.1 Å². The molecule has 0 spiro atoms. The largest absolute Gasteiger partial charge is 0.431 e. The summed E-state index contributed by atoms with van der Waals surface area (Å²) in [5.74, 6) is 1.44. The fourth-order valence-corrected chi connectivity index (χ4v) is 2.84. The van der Waals surface area contributed by atoms with Crippen molar-refractivity contribution in [3.05, 3.63) is 23.9 Å². The molecule has 2 aromatic rings. The molecule has 0 atom stereocenters. The molecule has 1 fully saturated rings. The number of halogens is 3. The van der Waals surface area contributed by atoms with Gasteiger partial charge < -0.3 is 0 Å². The Morgan fingerprint density at radius 2 is 2.06 bits per heavy atom. The van der Waals surface area contributed by atoms with Crippen LogP contribution in [0.1, 0.15) is 18.5 Å². The third-order valence-electron chi connectivity index (χ3n) is 2.83. The molecule has 0 radical (unpaired) electrons. The molecular weight excluding hydrogens is 263 g/mol. The van der Waals surface area contributed by atoms with E-state index < -0.39 is 11.9 Å². The van der Waals surface area contributed by atoms with Gasteiger partial charge in [-0.05, 0) is 30.9 Å². The van der Waals surface area contributed by atoms with E-state index in [9.17, 15) is 13.2 Å². The number of hydrogen-bond donors (Lipinski definition) is 0. The Kier molecular flexibility index (Phi) is 2.73. The fourth-order valence-electron chi connectivity index (χ4n) is 1.71. The second kappa shape index (κ2) is 4.15. The van der Waals surface area contributed by atoms with Crippen LogP contribution in [0.15, 0.2) is 23.4 Å². The van der Waals surface area contributed by atoms with Crippen LogP contribution in [-0.2, 0) is 6.18 Å². The highest BCUT2D eigenvalue weighted by Crippen LogP contribution is 2.36. The quantitative estimate of drug-likeness (QED) is 0.804. The van der Waals surface area contributed by atoms with Crippen LogP contribution in [0.4, 0.5) is 13.2 Å². The van der Waals surface area contributed by atoms with Crippen molar-refractivity contribution >= 4 is 17.4 Å². The van der Waals surface area contributed by atoms with Crippen LogP contribution in [-0.4, -0.2) is 20.4 Å². The maximum Gasteiger partial charge on any atom is 0.431 e. The van der Waals surface area contributed by atoms with E-state index in [-0.39, 0.29) is 5.65 Å². The number of nitrogens with zero attached hydrogens (tertiary/aromatic N) is 3. The number of alkyl halides is 3. The first-order chi connectivity index (χ1) is 8.55. The van der Waals surface area contributed by atoms with E-state index in [1.165, 1.54) is 23.9 Å². The Morgan fingerprint density at radius 3 is 2.72 bits per heavy atom. The minimum absolute atomic E-state index is 0.239. The van der Waals surface area contributed by atoms with Crippen molar-refractivity contribution in [2.24, 2.45) is 5.92 Å². The summed E-state index contributed by atoms with van der Waals surface area (Å²) in [7, 11) is 0. The third kappa shape index (κ3) is 2.19. The highest BCUT2D eigenvalue weighted by atomic mass is 32.2. The second-order valence-electron chi connectivity index (χ2n) is 4.34. The van der Waals surface area contributed by atoms with Crippen molar-refractivity contribution in [3.8, 4) is 0 Å². The minimum atomic E-state index is -4.39. The highest BCUT2D eigenvalue weighted by molar-refractivity contribution is 7.99. The molecule has 3 nitrogen and oxygen atoms in total. The van der Waals surface area contributed by atoms with E-state index in [2.05, 4.69) is 10.2 Å². The molecule has 96 valence electrons. The van der Waals surface area contributed by atoms with Crippen molar-refractivity contribution in [3.63, 3.8) is 0 Å². The average Bonchev–Trinajstić information content (AvgIpc) is 3.05. The van der Waals surface area contributed by atoms with E-state index in [4.69, 9.17) is 0 Å². The van der Waals surface area contributed by atoms with Gasteiger partial charge in [-0.15, -0.1) is 10.2 Å². The van der Waals surface area contributed by atoms with Gasteiger partial charge in [-0.3, -0.25) is 4.40 Å². The van der Waals surface area contributed by atoms with E-state index >= 15 is 0 Å². The third-order valence-corrected chi connectivity index (χ3v) is 3.99. The molecule has 0 unspecified atom stereocenters. The van der Waals surface area contributed by atoms with E-state index in [1.54, 1.807) is 0 Å². The summed E-state index contributed by atoms with van der Waals surface area (Å²) in [6, 6.07) is 3.93. The lowest BCUT2D eigenvalue weighted by molar-refractivity contribution is -0.142. The zero-order chi connectivity index (χ0) is 12.8. The normalized spacial score (nSPS) is 16.4. The van der Waals surface area contributed by atoms with Crippen LogP contribution in [0.3, 0.4) is 0 Å². The molecule has 2 heterocycles. The van der Waals surface area contributed by atoms with Crippen LogP contribution >= 0.6 is 11.8 Å². The fraction of sp³-hybridized carbons (Fsp3) is 0.455. The van der Waals surface area contributed by atoms with Gasteiger partial charge in [0.1, 0.15) is 5.69 Å². The first kappa shape index (κ1) is 11.8. The van der Waals surface area contributed by atoms with Gasteiger partial charge in [-0.2, -0.15) is 13.2 Å². The summed E-state index contributed by atoms with van der Waals surface area (Å²) in [6.07, 6.45) is -2.07. The van der Waals surface area contributed by atoms with E-state index in [1.807, 2.05) is 0 Å². The molecule has 0 N–H and O–H groups in total. The van der Waals surface area contributed by atoms with Gasteiger partial charge in [0.25, 0.3) is 0 Å². The molecule has 0 amide bonds. The number of fused-ring (bicyclic) bond motifs is 1.